The summed E-state index contributed by atoms with van der Waals surface area (Å²) in [6.07, 6.45) is 0. The maximum absolute atomic E-state index is 5.89. The number of likely N-dealkylation sites (N-methyl/N-ethyl adjacent to an activating group) is 1. The van der Waals surface area contributed by atoms with Gasteiger partial charge in [-0.1, -0.05) is 24.6 Å². The van der Waals surface area contributed by atoms with E-state index in [0.29, 0.717) is 6.54 Å². The first-order valence-corrected chi connectivity index (χ1v) is 5.26. The van der Waals surface area contributed by atoms with E-state index >= 15 is 0 Å². The van der Waals surface area contributed by atoms with Gasteiger partial charge in [0.1, 0.15) is 0 Å². The Labute approximate surface area is 90.4 Å². The molecule has 0 saturated heterocycles. The quantitative estimate of drug-likeness (QED) is 0.804. The van der Waals surface area contributed by atoms with E-state index in [1.165, 1.54) is 11.1 Å². The van der Waals surface area contributed by atoms with Crippen molar-refractivity contribution >= 4 is 11.6 Å². The monoisotopic (exact) mass is 212 g/mol. The minimum absolute atomic E-state index is 0.234. The van der Waals surface area contributed by atoms with Gasteiger partial charge in [0.25, 0.3) is 0 Å². The number of benzene rings is 1. The average molecular weight is 213 g/mol. The van der Waals surface area contributed by atoms with Gasteiger partial charge in [-0.2, -0.15) is 0 Å². The van der Waals surface area contributed by atoms with Gasteiger partial charge in [0.2, 0.25) is 0 Å². The molecule has 1 rings (SSSR count). The van der Waals surface area contributed by atoms with E-state index in [9.17, 15) is 0 Å². The molecule has 0 aliphatic rings. The Hall–Kier alpha value is -0.570. The van der Waals surface area contributed by atoms with Crippen molar-refractivity contribution in [2.45, 2.75) is 19.9 Å². The largest absolute Gasteiger partial charge is 0.329 e. The summed E-state index contributed by atoms with van der Waals surface area (Å²) in [4.78, 5) is 0. The van der Waals surface area contributed by atoms with Gasteiger partial charge in [-0.25, -0.2) is 0 Å². The third-order valence-electron chi connectivity index (χ3n) is 2.29. The van der Waals surface area contributed by atoms with Crippen molar-refractivity contribution < 1.29 is 0 Å². The molecular formula is C11H17ClN2. The molecule has 0 aliphatic heterocycles. The molecule has 14 heavy (non-hydrogen) atoms. The summed E-state index contributed by atoms with van der Waals surface area (Å²) >= 11 is 5.89. The Balaban J connectivity index is 2.92. The molecule has 1 unspecified atom stereocenters. The topological polar surface area (TPSA) is 38.0 Å². The van der Waals surface area contributed by atoms with Gasteiger partial charge in [-0.3, -0.25) is 0 Å². The summed E-state index contributed by atoms with van der Waals surface area (Å²) in [5.74, 6) is 0. The number of hydrogen-bond donors (Lipinski definition) is 2. The molecule has 1 aromatic carbocycles. The van der Waals surface area contributed by atoms with Crippen molar-refractivity contribution in [1.29, 1.82) is 0 Å². The second kappa shape index (κ2) is 5.35. The predicted octanol–water partition coefficient (Wildman–Crippen LogP) is 2.26. The van der Waals surface area contributed by atoms with Crippen LogP contribution in [0, 0.1) is 6.92 Å². The van der Waals surface area contributed by atoms with Crippen LogP contribution in [0.1, 0.15) is 24.1 Å². The van der Waals surface area contributed by atoms with E-state index in [0.717, 1.165) is 11.6 Å². The molecular weight excluding hydrogens is 196 g/mol. The van der Waals surface area contributed by atoms with Gasteiger partial charge >= 0.3 is 0 Å². The minimum atomic E-state index is 0.234. The molecule has 78 valence electrons. The van der Waals surface area contributed by atoms with Gasteiger partial charge in [0, 0.05) is 17.6 Å². The zero-order chi connectivity index (χ0) is 10.6. The molecule has 3 heteroatoms. The van der Waals surface area contributed by atoms with Crippen molar-refractivity contribution in [2.75, 3.05) is 13.1 Å². The van der Waals surface area contributed by atoms with E-state index in [2.05, 4.69) is 19.2 Å². The lowest BCUT2D eigenvalue weighted by Crippen LogP contribution is -2.28. The summed E-state index contributed by atoms with van der Waals surface area (Å²) in [6.45, 7) is 5.66. The van der Waals surface area contributed by atoms with Crippen molar-refractivity contribution in [3.63, 3.8) is 0 Å². The molecule has 0 saturated carbocycles. The van der Waals surface area contributed by atoms with Crippen LogP contribution in [0.25, 0.3) is 0 Å². The molecule has 0 spiro atoms. The Bertz CT molecular complexity index is 299. The van der Waals surface area contributed by atoms with Gasteiger partial charge in [-0.15, -0.1) is 0 Å². The summed E-state index contributed by atoms with van der Waals surface area (Å²) in [6, 6.07) is 6.15. The second-order valence-corrected chi connectivity index (χ2v) is 3.78. The Morgan fingerprint density at radius 1 is 1.50 bits per heavy atom. The lowest BCUT2D eigenvalue weighted by atomic mass is 10.0. The maximum Gasteiger partial charge on any atom is 0.0447 e. The van der Waals surface area contributed by atoms with Gasteiger partial charge in [-0.05, 0) is 36.7 Å². The highest BCUT2D eigenvalue weighted by molar-refractivity contribution is 6.30. The molecule has 0 fully saturated rings. The number of rotatable bonds is 4. The zero-order valence-corrected chi connectivity index (χ0v) is 9.43. The van der Waals surface area contributed by atoms with Gasteiger partial charge < -0.3 is 11.1 Å². The van der Waals surface area contributed by atoms with Crippen molar-refractivity contribution in [3.05, 3.63) is 34.3 Å². The fourth-order valence-corrected chi connectivity index (χ4v) is 1.82. The Morgan fingerprint density at radius 2 is 2.21 bits per heavy atom. The van der Waals surface area contributed by atoms with Crippen LogP contribution in [0.2, 0.25) is 5.02 Å². The van der Waals surface area contributed by atoms with Crippen LogP contribution in [0.3, 0.4) is 0 Å². The van der Waals surface area contributed by atoms with Crippen molar-refractivity contribution in [2.24, 2.45) is 5.73 Å². The predicted molar refractivity (Wildman–Crippen MR) is 61.7 cm³/mol. The van der Waals surface area contributed by atoms with Crippen LogP contribution < -0.4 is 11.1 Å². The third kappa shape index (κ3) is 2.71. The van der Waals surface area contributed by atoms with E-state index < -0.39 is 0 Å². The molecule has 0 aromatic heterocycles. The summed E-state index contributed by atoms with van der Waals surface area (Å²) in [5, 5.41) is 4.12. The third-order valence-corrected chi connectivity index (χ3v) is 2.53. The lowest BCUT2D eigenvalue weighted by molar-refractivity contribution is 0.559. The fourth-order valence-electron chi connectivity index (χ4n) is 1.60. The molecule has 0 radical (unpaired) electrons. The summed E-state index contributed by atoms with van der Waals surface area (Å²) < 4.78 is 0. The Kier molecular flexibility index (Phi) is 4.39. The highest BCUT2D eigenvalue weighted by Crippen LogP contribution is 2.20. The van der Waals surface area contributed by atoms with Crippen LogP contribution in [0.15, 0.2) is 18.2 Å². The Morgan fingerprint density at radius 3 is 2.71 bits per heavy atom. The highest BCUT2D eigenvalue weighted by atomic mass is 35.5. The van der Waals surface area contributed by atoms with Gasteiger partial charge in [0.05, 0.1) is 0 Å². The number of aryl methyl sites for hydroxylation is 1. The van der Waals surface area contributed by atoms with E-state index in [1.54, 1.807) is 0 Å². The van der Waals surface area contributed by atoms with Crippen molar-refractivity contribution in [1.82, 2.24) is 5.32 Å². The number of hydrogen-bond acceptors (Lipinski definition) is 2. The highest BCUT2D eigenvalue weighted by Gasteiger charge is 2.10. The fraction of sp³-hybridized carbons (Fsp3) is 0.455. The van der Waals surface area contributed by atoms with E-state index in [4.69, 9.17) is 17.3 Å². The first-order valence-electron chi connectivity index (χ1n) is 4.88. The SMILES string of the molecule is CCNC(CN)c1ccc(Cl)cc1C. The standard InChI is InChI=1S/C11H17ClN2/c1-3-14-11(7-13)10-5-4-9(12)6-8(10)2/h4-6,11,14H,3,7,13H2,1-2H3. The average Bonchev–Trinajstić information content (AvgIpc) is 2.15. The molecule has 1 aromatic rings. The number of nitrogens with one attached hydrogen (secondary N) is 1. The van der Waals surface area contributed by atoms with E-state index in [1.807, 2.05) is 18.2 Å². The van der Waals surface area contributed by atoms with Crippen LogP contribution in [0.4, 0.5) is 0 Å². The number of nitrogens with two attached hydrogens (primary N) is 1. The lowest BCUT2D eigenvalue weighted by Gasteiger charge is -2.18. The first kappa shape index (κ1) is 11.5. The molecule has 2 nitrogen and oxygen atoms in total. The smallest absolute Gasteiger partial charge is 0.0447 e. The molecule has 0 heterocycles. The second-order valence-electron chi connectivity index (χ2n) is 3.35. The maximum atomic E-state index is 5.89. The van der Waals surface area contributed by atoms with Gasteiger partial charge in [0.15, 0.2) is 0 Å². The number of halogens is 1. The van der Waals surface area contributed by atoms with Crippen LogP contribution >= 0.6 is 11.6 Å². The normalized spacial score (nSPS) is 12.9. The minimum Gasteiger partial charge on any atom is -0.329 e. The molecule has 0 bridgehead atoms. The van der Waals surface area contributed by atoms with Crippen LogP contribution in [-0.4, -0.2) is 13.1 Å². The van der Waals surface area contributed by atoms with Crippen molar-refractivity contribution in [3.8, 4) is 0 Å². The zero-order valence-electron chi connectivity index (χ0n) is 8.68. The van der Waals surface area contributed by atoms with Crippen LogP contribution in [0.5, 0.6) is 0 Å². The first-order chi connectivity index (χ1) is 6.69. The van der Waals surface area contributed by atoms with E-state index in [-0.39, 0.29) is 6.04 Å². The molecule has 3 N–H and O–H groups in total. The summed E-state index contributed by atoms with van der Waals surface area (Å²) in [7, 11) is 0. The summed E-state index contributed by atoms with van der Waals surface area (Å²) in [5.41, 5.74) is 8.13. The molecule has 0 aliphatic carbocycles. The van der Waals surface area contributed by atoms with Crippen LogP contribution in [-0.2, 0) is 0 Å². The molecule has 1 atom stereocenters. The molecule has 0 amide bonds.